The first-order chi connectivity index (χ1) is 10.9. The number of H-pyrrole nitrogens is 1. The van der Waals surface area contributed by atoms with E-state index in [0.717, 1.165) is 44.5 Å². The zero-order valence-corrected chi connectivity index (χ0v) is 13.0. The minimum atomic E-state index is 0.347. The van der Waals surface area contributed by atoms with Gasteiger partial charge in [0.2, 0.25) is 0 Å². The Balaban J connectivity index is 1.56. The van der Waals surface area contributed by atoms with Gasteiger partial charge in [0, 0.05) is 18.1 Å². The van der Waals surface area contributed by atoms with Crippen LogP contribution in [0.4, 0.5) is 0 Å². The Morgan fingerprint density at radius 1 is 1.41 bits per heavy atom. The van der Waals surface area contributed by atoms with Crippen LogP contribution >= 0.6 is 0 Å². The molecule has 0 saturated heterocycles. The van der Waals surface area contributed by atoms with Gasteiger partial charge in [-0.2, -0.15) is 0 Å². The predicted molar refractivity (Wildman–Crippen MR) is 88.5 cm³/mol. The summed E-state index contributed by atoms with van der Waals surface area (Å²) in [5.41, 5.74) is 3.81. The normalized spacial score (nSPS) is 17.2. The first-order valence-electron chi connectivity index (χ1n) is 8.17. The van der Waals surface area contributed by atoms with Gasteiger partial charge in [-0.05, 0) is 50.2 Å². The van der Waals surface area contributed by atoms with E-state index in [4.69, 9.17) is 0 Å². The van der Waals surface area contributed by atoms with E-state index in [9.17, 15) is 0 Å². The van der Waals surface area contributed by atoms with Crippen LogP contribution in [0.15, 0.2) is 37.2 Å². The summed E-state index contributed by atoms with van der Waals surface area (Å²) < 4.78 is 0. The van der Waals surface area contributed by atoms with Crippen molar-refractivity contribution in [2.45, 2.75) is 51.1 Å². The van der Waals surface area contributed by atoms with E-state index in [1.165, 1.54) is 23.4 Å². The molecule has 0 radical (unpaired) electrons. The summed E-state index contributed by atoms with van der Waals surface area (Å²) in [4.78, 5) is 12.4. The molecule has 0 bridgehead atoms. The number of nitrogens with one attached hydrogen (secondary N) is 2. The van der Waals surface area contributed by atoms with Crippen molar-refractivity contribution in [2.24, 2.45) is 0 Å². The van der Waals surface area contributed by atoms with Gasteiger partial charge in [0.1, 0.15) is 5.82 Å². The molecule has 2 N–H and O–H groups in total. The fourth-order valence-corrected chi connectivity index (χ4v) is 3.09. The van der Waals surface area contributed by atoms with Gasteiger partial charge in [-0.1, -0.05) is 12.1 Å². The summed E-state index contributed by atoms with van der Waals surface area (Å²) in [5.74, 6) is 1.01. The smallest absolute Gasteiger partial charge is 0.120 e. The van der Waals surface area contributed by atoms with Crippen LogP contribution in [0.25, 0.3) is 0 Å². The molecule has 1 aliphatic rings. The minimum absolute atomic E-state index is 0.347. The lowest BCUT2D eigenvalue weighted by molar-refractivity contribution is 0.442. The van der Waals surface area contributed by atoms with Crippen LogP contribution in [0.5, 0.6) is 0 Å². The maximum absolute atomic E-state index is 4.57. The Labute approximate surface area is 132 Å². The van der Waals surface area contributed by atoms with Crippen molar-refractivity contribution in [1.29, 1.82) is 0 Å². The van der Waals surface area contributed by atoms with Crippen LogP contribution in [0.2, 0.25) is 0 Å². The summed E-state index contributed by atoms with van der Waals surface area (Å²) in [6.45, 7) is 4.52. The number of fused-ring (bicyclic) bond motifs is 1. The summed E-state index contributed by atoms with van der Waals surface area (Å²) in [6, 6.07) is 4.57. The molecular weight excluding hydrogens is 272 g/mol. The molecule has 0 aromatic carbocycles. The lowest BCUT2D eigenvalue weighted by Gasteiger charge is -2.24. The lowest BCUT2D eigenvalue weighted by Crippen LogP contribution is -2.26. The molecule has 4 nitrogen and oxygen atoms in total. The number of nitrogens with zero attached hydrogens (tertiary/aromatic N) is 2. The van der Waals surface area contributed by atoms with Crippen molar-refractivity contribution < 1.29 is 0 Å². The molecule has 0 amide bonds. The highest BCUT2D eigenvalue weighted by molar-refractivity contribution is 5.25. The van der Waals surface area contributed by atoms with E-state index in [-0.39, 0.29) is 0 Å². The van der Waals surface area contributed by atoms with E-state index in [0.29, 0.717) is 6.04 Å². The van der Waals surface area contributed by atoms with E-state index >= 15 is 0 Å². The molecule has 0 fully saturated rings. The van der Waals surface area contributed by atoms with Crippen LogP contribution < -0.4 is 5.32 Å². The van der Waals surface area contributed by atoms with Crippen molar-refractivity contribution >= 4 is 0 Å². The highest BCUT2D eigenvalue weighted by atomic mass is 15.0. The molecule has 3 rings (SSSR count). The number of rotatable bonds is 7. The van der Waals surface area contributed by atoms with Gasteiger partial charge >= 0.3 is 0 Å². The Morgan fingerprint density at radius 3 is 3.27 bits per heavy atom. The second kappa shape index (κ2) is 7.36. The molecule has 2 aromatic rings. The van der Waals surface area contributed by atoms with Crippen LogP contribution in [0.1, 0.15) is 54.5 Å². The number of allylic oxidation sites excluding steroid dienone is 1. The van der Waals surface area contributed by atoms with Crippen LogP contribution in [-0.2, 0) is 19.4 Å². The average molecular weight is 296 g/mol. The monoisotopic (exact) mass is 296 g/mol. The first kappa shape index (κ1) is 15.0. The SMILES string of the molecule is C=CCCCc1cnc(CNC2CCCc3cccnc32)[nH]1. The molecule has 0 spiro atoms. The summed E-state index contributed by atoms with van der Waals surface area (Å²) in [6.07, 6.45) is 12.5. The van der Waals surface area contributed by atoms with E-state index in [2.05, 4.69) is 32.9 Å². The van der Waals surface area contributed by atoms with Crippen molar-refractivity contribution in [1.82, 2.24) is 20.3 Å². The largest absolute Gasteiger partial charge is 0.345 e. The zero-order valence-electron chi connectivity index (χ0n) is 13.0. The molecule has 1 atom stereocenters. The Hall–Kier alpha value is -1.94. The van der Waals surface area contributed by atoms with Crippen molar-refractivity contribution in [3.8, 4) is 0 Å². The third-order valence-corrected chi connectivity index (χ3v) is 4.25. The summed E-state index contributed by atoms with van der Waals surface area (Å²) >= 11 is 0. The van der Waals surface area contributed by atoms with E-state index in [1.54, 1.807) is 0 Å². The van der Waals surface area contributed by atoms with Gasteiger partial charge in [0.05, 0.1) is 18.3 Å². The Kier molecular flexibility index (Phi) is 5.01. The molecule has 4 heteroatoms. The predicted octanol–water partition coefficient (Wildman–Crippen LogP) is 3.48. The Morgan fingerprint density at radius 2 is 2.36 bits per heavy atom. The number of aryl methyl sites for hydroxylation is 2. The number of imidazole rings is 1. The number of pyridine rings is 1. The number of hydrogen-bond donors (Lipinski definition) is 2. The molecule has 2 heterocycles. The second-order valence-corrected chi connectivity index (χ2v) is 5.91. The summed E-state index contributed by atoms with van der Waals surface area (Å²) in [7, 11) is 0. The molecule has 2 aromatic heterocycles. The van der Waals surface area contributed by atoms with Gasteiger partial charge in [-0.25, -0.2) is 4.98 Å². The molecule has 0 aliphatic heterocycles. The van der Waals surface area contributed by atoms with Gasteiger partial charge < -0.3 is 10.3 Å². The van der Waals surface area contributed by atoms with Gasteiger partial charge in [0.15, 0.2) is 0 Å². The summed E-state index contributed by atoms with van der Waals surface area (Å²) in [5, 5.41) is 3.60. The molecule has 116 valence electrons. The van der Waals surface area contributed by atoms with Gasteiger partial charge in [-0.15, -0.1) is 6.58 Å². The molecular formula is C18H24N4. The van der Waals surface area contributed by atoms with Crippen LogP contribution in [0.3, 0.4) is 0 Å². The second-order valence-electron chi connectivity index (χ2n) is 5.91. The van der Waals surface area contributed by atoms with Crippen molar-refractivity contribution in [2.75, 3.05) is 0 Å². The van der Waals surface area contributed by atoms with Crippen molar-refractivity contribution in [3.05, 3.63) is 60.0 Å². The number of hydrogen-bond acceptors (Lipinski definition) is 3. The fraction of sp³-hybridized carbons (Fsp3) is 0.444. The lowest BCUT2D eigenvalue weighted by atomic mass is 9.92. The molecule has 22 heavy (non-hydrogen) atoms. The van der Waals surface area contributed by atoms with Crippen molar-refractivity contribution in [3.63, 3.8) is 0 Å². The maximum atomic E-state index is 4.57. The average Bonchev–Trinajstić information content (AvgIpc) is 3.01. The Bertz CT molecular complexity index is 617. The number of aromatic nitrogens is 3. The number of unbranched alkanes of at least 4 members (excludes halogenated alkanes) is 1. The molecule has 0 saturated carbocycles. The quantitative estimate of drug-likeness (QED) is 0.607. The van der Waals surface area contributed by atoms with Crippen LogP contribution in [0, 0.1) is 0 Å². The number of aromatic amines is 1. The first-order valence-corrected chi connectivity index (χ1v) is 8.17. The van der Waals surface area contributed by atoms with Gasteiger partial charge in [0.25, 0.3) is 0 Å². The minimum Gasteiger partial charge on any atom is -0.345 e. The third kappa shape index (κ3) is 3.63. The highest BCUT2D eigenvalue weighted by Gasteiger charge is 2.20. The fourth-order valence-electron chi connectivity index (χ4n) is 3.09. The van der Waals surface area contributed by atoms with Crippen LogP contribution in [-0.4, -0.2) is 15.0 Å². The maximum Gasteiger partial charge on any atom is 0.120 e. The third-order valence-electron chi connectivity index (χ3n) is 4.25. The molecule has 1 aliphatic carbocycles. The highest BCUT2D eigenvalue weighted by Crippen LogP contribution is 2.27. The zero-order chi connectivity index (χ0) is 15.2. The standard InChI is InChI=1S/C18H24N4/c1-2-3-4-9-15-12-21-17(22-15)13-20-16-10-5-7-14-8-6-11-19-18(14)16/h2,6,8,11-12,16,20H,1,3-5,7,9-10,13H2,(H,21,22). The van der Waals surface area contributed by atoms with E-state index in [1.807, 2.05) is 24.5 Å². The topological polar surface area (TPSA) is 53.6 Å². The van der Waals surface area contributed by atoms with Gasteiger partial charge in [-0.3, -0.25) is 4.98 Å². The molecule has 1 unspecified atom stereocenters. The van der Waals surface area contributed by atoms with E-state index < -0.39 is 0 Å².